The molecule has 0 bridgehead atoms. The zero-order chi connectivity index (χ0) is 7.12. The van der Waals surface area contributed by atoms with Gasteiger partial charge in [0.25, 0.3) is 0 Å². The predicted octanol–water partition coefficient (Wildman–Crippen LogP) is 1.80. The van der Waals surface area contributed by atoms with Gasteiger partial charge in [0.05, 0.1) is 0 Å². The molecule has 1 aliphatic heterocycles. The second-order valence-electron chi connectivity index (χ2n) is 4.07. The molecule has 0 aliphatic carbocycles. The van der Waals surface area contributed by atoms with Gasteiger partial charge in [-0.1, -0.05) is 13.8 Å². The quantitative estimate of drug-likeness (QED) is 0.470. The van der Waals surface area contributed by atoms with Gasteiger partial charge in [-0.05, 0) is 25.7 Å². The maximum absolute atomic E-state index is 4.52. The maximum Gasteiger partial charge on any atom is 0.0351 e. The lowest BCUT2D eigenvalue weighted by Crippen LogP contribution is -2.39. The molecule has 0 aromatic rings. The second-order valence-corrected chi connectivity index (χ2v) is 4.07. The van der Waals surface area contributed by atoms with Crippen LogP contribution in [0, 0.1) is 5.41 Å². The molecular formula is C8H16N. The standard InChI is InChI=1S/C8H16N/c1-7(2)5-6-9-8(7,3)4/h5-6H2,1-4H3. The van der Waals surface area contributed by atoms with Crippen LogP contribution in [0.15, 0.2) is 0 Å². The van der Waals surface area contributed by atoms with Crippen molar-refractivity contribution in [1.29, 1.82) is 0 Å². The molecule has 53 valence electrons. The van der Waals surface area contributed by atoms with E-state index in [0.717, 1.165) is 6.54 Å². The van der Waals surface area contributed by atoms with Crippen LogP contribution in [0.5, 0.6) is 0 Å². The molecule has 9 heavy (non-hydrogen) atoms. The van der Waals surface area contributed by atoms with Crippen LogP contribution >= 0.6 is 0 Å². The molecule has 0 aromatic carbocycles. The van der Waals surface area contributed by atoms with Crippen molar-refractivity contribution in [2.45, 2.75) is 39.7 Å². The highest BCUT2D eigenvalue weighted by molar-refractivity contribution is 4.98. The van der Waals surface area contributed by atoms with Gasteiger partial charge in [-0.2, -0.15) is 0 Å². The average Bonchev–Trinajstić information content (AvgIpc) is 1.81. The van der Waals surface area contributed by atoms with Gasteiger partial charge in [0.15, 0.2) is 0 Å². The van der Waals surface area contributed by atoms with E-state index in [1.807, 2.05) is 0 Å². The number of nitrogens with zero attached hydrogens (tertiary/aromatic N) is 1. The van der Waals surface area contributed by atoms with Crippen molar-refractivity contribution in [3.63, 3.8) is 0 Å². The van der Waals surface area contributed by atoms with E-state index in [1.54, 1.807) is 0 Å². The van der Waals surface area contributed by atoms with Crippen molar-refractivity contribution in [3.05, 3.63) is 0 Å². The number of rotatable bonds is 0. The van der Waals surface area contributed by atoms with Crippen LogP contribution in [0.3, 0.4) is 0 Å². The molecule has 1 aliphatic rings. The van der Waals surface area contributed by atoms with Crippen LogP contribution in [0.1, 0.15) is 34.1 Å². The van der Waals surface area contributed by atoms with Crippen molar-refractivity contribution in [2.24, 2.45) is 5.41 Å². The number of hydrogen-bond acceptors (Lipinski definition) is 0. The molecule has 0 unspecified atom stereocenters. The first-order valence-corrected chi connectivity index (χ1v) is 3.64. The normalized spacial score (nSPS) is 30.7. The summed E-state index contributed by atoms with van der Waals surface area (Å²) in [4.78, 5) is 0. The molecule has 1 nitrogen and oxygen atoms in total. The van der Waals surface area contributed by atoms with Crippen LogP contribution in [0.25, 0.3) is 0 Å². The molecule has 0 spiro atoms. The molecule has 1 fully saturated rings. The van der Waals surface area contributed by atoms with Gasteiger partial charge in [0.1, 0.15) is 0 Å². The second kappa shape index (κ2) is 1.72. The van der Waals surface area contributed by atoms with Crippen LogP contribution in [-0.4, -0.2) is 12.1 Å². The van der Waals surface area contributed by atoms with E-state index in [1.165, 1.54) is 6.42 Å². The van der Waals surface area contributed by atoms with E-state index in [9.17, 15) is 0 Å². The van der Waals surface area contributed by atoms with Gasteiger partial charge in [-0.3, -0.25) is 0 Å². The third-order valence-electron chi connectivity index (χ3n) is 2.90. The fourth-order valence-electron chi connectivity index (χ4n) is 1.13. The summed E-state index contributed by atoms with van der Waals surface area (Å²) in [6.07, 6.45) is 1.25. The van der Waals surface area contributed by atoms with E-state index < -0.39 is 0 Å². The smallest absolute Gasteiger partial charge is 0.0351 e. The van der Waals surface area contributed by atoms with Crippen molar-refractivity contribution >= 4 is 0 Å². The van der Waals surface area contributed by atoms with Gasteiger partial charge in [0, 0.05) is 12.1 Å². The van der Waals surface area contributed by atoms with Gasteiger partial charge in [-0.15, -0.1) is 0 Å². The third kappa shape index (κ3) is 0.983. The van der Waals surface area contributed by atoms with Crippen LogP contribution in [0.2, 0.25) is 0 Å². The Kier molecular flexibility index (Phi) is 1.35. The molecule has 1 heteroatoms. The van der Waals surface area contributed by atoms with Crippen molar-refractivity contribution < 1.29 is 0 Å². The van der Waals surface area contributed by atoms with Gasteiger partial charge >= 0.3 is 0 Å². The van der Waals surface area contributed by atoms with Gasteiger partial charge in [-0.25, -0.2) is 5.32 Å². The Morgan fingerprint density at radius 1 is 1.11 bits per heavy atom. The minimum Gasteiger partial charge on any atom is -0.235 e. The maximum atomic E-state index is 4.52. The third-order valence-corrected chi connectivity index (χ3v) is 2.90. The summed E-state index contributed by atoms with van der Waals surface area (Å²) in [6.45, 7) is 10.1. The van der Waals surface area contributed by atoms with Crippen molar-refractivity contribution in [2.75, 3.05) is 6.54 Å². The Morgan fingerprint density at radius 3 is 1.78 bits per heavy atom. The van der Waals surface area contributed by atoms with E-state index in [4.69, 9.17) is 0 Å². The highest BCUT2D eigenvalue weighted by Gasteiger charge is 2.41. The molecular weight excluding hydrogens is 110 g/mol. The minimum absolute atomic E-state index is 0.215. The van der Waals surface area contributed by atoms with Crippen LogP contribution in [0.4, 0.5) is 0 Å². The highest BCUT2D eigenvalue weighted by atomic mass is 15.0. The first-order chi connectivity index (χ1) is 3.96. The van der Waals surface area contributed by atoms with Crippen molar-refractivity contribution in [3.8, 4) is 0 Å². The fourth-order valence-corrected chi connectivity index (χ4v) is 1.13. The van der Waals surface area contributed by atoms with Crippen LogP contribution < -0.4 is 5.32 Å². The highest BCUT2D eigenvalue weighted by Crippen LogP contribution is 2.39. The van der Waals surface area contributed by atoms with Crippen molar-refractivity contribution in [1.82, 2.24) is 5.32 Å². The first kappa shape index (κ1) is 7.07. The fraction of sp³-hybridized carbons (Fsp3) is 1.00. The Bertz CT molecular complexity index is 99.7. The number of hydrogen-bond donors (Lipinski definition) is 0. The zero-order valence-electron chi connectivity index (χ0n) is 6.86. The molecule has 0 amide bonds. The summed E-state index contributed by atoms with van der Waals surface area (Å²) in [5.41, 5.74) is 0.639. The summed E-state index contributed by atoms with van der Waals surface area (Å²) >= 11 is 0. The zero-order valence-corrected chi connectivity index (χ0v) is 6.86. The Hall–Kier alpha value is -0.0400. The lowest BCUT2D eigenvalue weighted by molar-refractivity contribution is 0.221. The summed E-state index contributed by atoms with van der Waals surface area (Å²) in [5.74, 6) is 0. The molecule has 1 rings (SSSR count). The molecule has 0 atom stereocenters. The molecule has 1 radical (unpaired) electrons. The molecule has 0 saturated carbocycles. The van der Waals surface area contributed by atoms with E-state index in [-0.39, 0.29) is 5.54 Å². The van der Waals surface area contributed by atoms with Gasteiger partial charge in [0.2, 0.25) is 0 Å². The van der Waals surface area contributed by atoms with E-state index in [2.05, 4.69) is 33.0 Å². The summed E-state index contributed by atoms with van der Waals surface area (Å²) in [7, 11) is 0. The monoisotopic (exact) mass is 126 g/mol. The van der Waals surface area contributed by atoms with E-state index in [0.29, 0.717) is 5.41 Å². The Morgan fingerprint density at radius 2 is 1.67 bits per heavy atom. The lowest BCUT2D eigenvalue weighted by atomic mass is 9.76. The summed E-state index contributed by atoms with van der Waals surface area (Å²) < 4.78 is 0. The SMILES string of the molecule is CC1(C)CC[N]C1(C)C. The van der Waals surface area contributed by atoms with Crippen LogP contribution in [-0.2, 0) is 0 Å². The largest absolute Gasteiger partial charge is 0.235 e. The summed E-state index contributed by atoms with van der Waals surface area (Å²) in [6, 6.07) is 0. The van der Waals surface area contributed by atoms with E-state index >= 15 is 0 Å². The van der Waals surface area contributed by atoms with Gasteiger partial charge < -0.3 is 0 Å². The predicted molar refractivity (Wildman–Crippen MR) is 39.5 cm³/mol. The molecule has 1 saturated heterocycles. The topological polar surface area (TPSA) is 14.1 Å². The summed E-state index contributed by atoms with van der Waals surface area (Å²) in [5, 5.41) is 4.52. The molecule has 0 N–H and O–H groups in total. The minimum atomic E-state index is 0.215. The average molecular weight is 126 g/mol. The lowest BCUT2D eigenvalue weighted by Gasteiger charge is -2.33. The Balaban J connectivity index is 2.75. The first-order valence-electron chi connectivity index (χ1n) is 3.64. The molecule has 1 heterocycles. The molecule has 0 aromatic heterocycles. The Labute approximate surface area is 57.8 Å².